The monoisotopic (exact) mass is 279 g/mol. The van der Waals surface area contributed by atoms with Crippen molar-refractivity contribution >= 4 is 21.6 Å². The predicted molar refractivity (Wildman–Crippen MR) is 73.9 cm³/mol. The lowest BCUT2D eigenvalue weighted by molar-refractivity contribution is -0.0360. The quantitative estimate of drug-likeness (QED) is 0.785. The molecule has 19 heavy (non-hydrogen) atoms. The first kappa shape index (κ1) is 13.0. The molecule has 5 heteroatoms. The topological polar surface area (TPSA) is 73.6 Å². The summed E-state index contributed by atoms with van der Waals surface area (Å²) in [4.78, 5) is 0. The van der Waals surface area contributed by atoms with Gasteiger partial charge in [-0.2, -0.15) is 4.37 Å². The van der Waals surface area contributed by atoms with Crippen LogP contribution in [0.4, 0.5) is 0 Å². The van der Waals surface area contributed by atoms with Gasteiger partial charge in [0.05, 0.1) is 28.7 Å². The molecule has 2 aromatic rings. The van der Waals surface area contributed by atoms with Gasteiger partial charge in [0.2, 0.25) is 0 Å². The molecule has 0 unspecified atom stereocenters. The zero-order chi connectivity index (χ0) is 13.5. The van der Waals surface area contributed by atoms with Crippen molar-refractivity contribution in [2.24, 2.45) is 0 Å². The number of hydrogen-bond donors (Lipinski definition) is 3. The van der Waals surface area contributed by atoms with Crippen molar-refractivity contribution in [3.8, 4) is 0 Å². The minimum absolute atomic E-state index is 0.0827. The largest absolute Gasteiger partial charge is 0.393 e. The Morgan fingerprint density at radius 3 is 2.74 bits per heavy atom. The molecule has 1 saturated carbocycles. The van der Waals surface area contributed by atoms with Crippen LogP contribution in [-0.2, 0) is 12.2 Å². The first-order valence-electron chi connectivity index (χ1n) is 6.52. The minimum atomic E-state index is -0.859. The molecular weight excluding hydrogens is 262 g/mol. The maximum absolute atomic E-state index is 10.7. The summed E-state index contributed by atoms with van der Waals surface area (Å²) in [5.41, 5.74) is 0.672. The van der Waals surface area contributed by atoms with Crippen LogP contribution in [-0.4, -0.2) is 25.8 Å². The first-order chi connectivity index (χ1) is 9.12. The third kappa shape index (κ3) is 2.27. The number of nitrogens with zero attached hydrogens (tertiary/aromatic N) is 1. The van der Waals surface area contributed by atoms with Crippen molar-refractivity contribution in [2.45, 2.75) is 44.0 Å². The molecule has 0 spiro atoms. The molecule has 3 rings (SSSR count). The Hall–Kier alpha value is -1.01. The molecule has 1 heterocycles. The minimum Gasteiger partial charge on any atom is -0.393 e. The van der Waals surface area contributed by atoms with Gasteiger partial charge in [0.15, 0.2) is 0 Å². The third-order valence-corrected chi connectivity index (χ3v) is 4.88. The zero-order valence-corrected chi connectivity index (χ0v) is 11.4. The number of aromatic nitrogens is 1. The van der Waals surface area contributed by atoms with E-state index in [1.807, 2.05) is 18.2 Å². The fraction of sp³-hybridized carbons (Fsp3) is 0.500. The fourth-order valence-electron chi connectivity index (χ4n) is 2.76. The van der Waals surface area contributed by atoms with Crippen LogP contribution in [0, 0.1) is 0 Å². The van der Waals surface area contributed by atoms with E-state index in [9.17, 15) is 15.3 Å². The van der Waals surface area contributed by atoms with E-state index in [-0.39, 0.29) is 12.7 Å². The van der Waals surface area contributed by atoms with Crippen molar-refractivity contribution in [3.63, 3.8) is 0 Å². The van der Waals surface area contributed by atoms with Gasteiger partial charge < -0.3 is 15.3 Å². The lowest BCUT2D eigenvalue weighted by Crippen LogP contribution is -2.33. The van der Waals surface area contributed by atoms with E-state index < -0.39 is 5.60 Å². The molecule has 1 aliphatic carbocycles. The summed E-state index contributed by atoms with van der Waals surface area (Å²) in [6.45, 7) is -0.0827. The standard InChI is InChI=1S/C14H17NO3S/c16-8-12-11-7-9(1-2-13(11)19-15-12)14(18)5-3-10(17)4-6-14/h1-2,7,10,16-18H,3-6,8H2. The summed E-state index contributed by atoms with van der Waals surface area (Å²) in [5, 5.41) is 30.5. The van der Waals surface area contributed by atoms with E-state index in [0.717, 1.165) is 15.6 Å². The molecule has 0 atom stereocenters. The van der Waals surface area contributed by atoms with Gasteiger partial charge in [-0.15, -0.1) is 0 Å². The molecule has 0 amide bonds. The molecule has 1 fully saturated rings. The Balaban J connectivity index is 2.00. The molecule has 0 saturated heterocycles. The molecule has 3 N–H and O–H groups in total. The summed E-state index contributed by atoms with van der Waals surface area (Å²) >= 11 is 1.36. The second-order valence-corrected chi connectivity index (χ2v) is 6.07. The number of rotatable bonds is 2. The van der Waals surface area contributed by atoms with Gasteiger partial charge >= 0.3 is 0 Å². The second kappa shape index (κ2) is 4.83. The predicted octanol–water partition coefficient (Wildman–Crippen LogP) is 1.91. The Labute approximate surface area is 115 Å². The van der Waals surface area contributed by atoms with Crippen molar-refractivity contribution in [3.05, 3.63) is 29.5 Å². The normalized spacial score (nSPS) is 27.8. The number of aliphatic hydroxyl groups excluding tert-OH is 2. The van der Waals surface area contributed by atoms with Crippen molar-refractivity contribution in [2.75, 3.05) is 0 Å². The average molecular weight is 279 g/mol. The smallest absolute Gasteiger partial charge is 0.0898 e. The summed E-state index contributed by atoms with van der Waals surface area (Å²) in [7, 11) is 0. The first-order valence-corrected chi connectivity index (χ1v) is 7.30. The molecule has 1 aromatic heterocycles. The van der Waals surface area contributed by atoms with Gasteiger partial charge in [-0.05, 0) is 54.9 Å². The van der Waals surface area contributed by atoms with E-state index in [4.69, 9.17) is 0 Å². The highest BCUT2D eigenvalue weighted by molar-refractivity contribution is 7.13. The molecule has 1 aromatic carbocycles. The van der Waals surface area contributed by atoms with E-state index in [1.54, 1.807) is 0 Å². The van der Waals surface area contributed by atoms with Crippen LogP contribution in [0.25, 0.3) is 10.1 Å². The Morgan fingerprint density at radius 1 is 1.32 bits per heavy atom. The Bertz CT molecular complexity index is 587. The summed E-state index contributed by atoms with van der Waals surface area (Å²) in [6, 6.07) is 5.81. The molecule has 0 bridgehead atoms. The third-order valence-electron chi connectivity index (χ3n) is 4.01. The molecule has 0 aliphatic heterocycles. The van der Waals surface area contributed by atoms with Crippen LogP contribution in [0.5, 0.6) is 0 Å². The SMILES string of the molecule is OCc1nsc2ccc(C3(O)CCC(O)CC3)cc12. The van der Waals surface area contributed by atoms with E-state index >= 15 is 0 Å². The lowest BCUT2D eigenvalue weighted by Gasteiger charge is -2.34. The molecule has 1 aliphatic rings. The highest BCUT2D eigenvalue weighted by Crippen LogP contribution is 2.38. The van der Waals surface area contributed by atoms with Gasteiger partial charge in [-0.25, -0.2) is 0 Å². The average Bonchev–Trinajstić information content (AvgIpc) is 2.84. The molecular formula is C14H17NO3S. The van der Waals surface area contributed by atoms with E-state index in [1.165, 1.54) is 11.5 Å². The Morgan fingerprint density at radius 2 is 2.05 bits per heavy atom. The summed E-state index contributed by atoms with van der Waals surface area (Å²) < 4.78 is 5.23. The highest BCUT2D eigenvalue weighted by Gasteiger charge is 2.34. The maximum Gasteiger partial charge on any atom is 0.0898 e. The van der Waals surface area contributed by atoms with Gasteiger partial charge in [0.1, 0.15) is 0 Å². The fourth-order valence-corrected chi connectivity index (χ4v) is 3.53. The number of benzene rings is 1. The molecule has 4 nitrogen and oxygen atoms in total. The summed E-state index contributed by atoms with van der Waals surface area (Å²) in [6.07, 6.45) is 2.11. The molecule has 102 valence electrons. The molecule has 0 radical (unpaired) electrons. The van der Waals surface area contributed by atoms with Crippen molar-refractivity contribution in [1.29, 1.82) is 0 Å². The van der Waals surface area contributed by atoms with Gasteiger partial charge in [-0.1, -0.05) is 6.07 Å². The van der Waals surface area contributed by atoms with Crippen LogP contribution in [0.1, 0.15) is 36.9 Å². The van der Waals surface area contributed by atoms with Crippen LogP contribution in [0.15, 0.2) is 18.2 Å². The van der Waals surface area contributed by atoms with Crippen LogP contribution >= 0.6 is 11.5 Å². The van der Waals surface area contributed by atoms with Crippen LogP contribution in [0.2, 0.25) is 0 Å². The van der Waals surface area contributed by atoms with Gasteiger partial charge in [0, 0.05) is 5.39 Å². The van der Waals surface area contributed by atoms with Gasteiger partial charge in [0.25, 0.3) is 0 Å². The van der Waals surface area contributed by atoms with Gasteiger partial charge in [-0.3, -0.25) is 0 Å². The summed E-state index contributed by atoms with van der Waals surface area (Å²) in [5.74, 6) is 0. The number of hydrogen-bond acceptors (Lipinski definition) is 5. The lowest BCUT2D eigenvalue weighted by atomic mass is 9.78. The number of aliphatic hydroxyl groups is 3. The number of fused-ring (bicyclic) bond motifs is 1. The highest BCUT2D eigenvalue weighted by atomic mass is 32.1. The van der Waals surface area contributed by atoms with E-state index in [2.05, 4.69) is 4.37 Å². The zero-order valence-electron chi connectivity index (χ0n) is 10.5. The van der Waals surface area contributed by atoms with E-state index in [0.29, 0.717) is 31.4 Å². The van der Waals surface area contributed by atoms with Crippen LogP contribution in [0.3, 0.4) is 0 Å². The van der Waals surface area contributed by atoms with Crippen molar-refractivity contribution in [1.82, 2.24) is 4.37 Å². The van der Waals surface area contributed by atoms with Crippen molar-refractivity contribution < 1.29 is 15.3 Å². The Kier molecular flexibility index (Phi) is 3.30. The maximum atomic E-state index is 10.7. The second-order valence-electron chi connectivity index (χ2n) is 5.26. The van der Waals surface area contributed by atoms with Crippen LogP contribution < -0.4 is 0 Å².